The number of nitro groups is 1. The Morgan fingerprint density at radius 1 is 1.30 bits per heavy atom. The van der Waals surface area contributed by atoms with Crippen LogP contribution in [0, 0.1) is 21.4 Å². The van der Waals surface area contributed by atoms with Crippen LogP contribution in [-0.4, -0.2) is 4.92 Å². The van der Waals surface area contributed by atoms with E-state index in [1.54, 1.807) is 18.2 Å². The molecule has 0 saturated carbocycles. The van der Waals surface area contributed by atoms with Crippen molar-refractivity contribution >= 4 is 23.0 Å². The van der Waals surface area contributed by atoms with E-state index in [-0.39, 0.29) is 10.7 Å². The van der Waals surface area contributed by atoms with E-state index in [9.17, 15) is 10.1 Å². The summed E-state index contributed by atoms with van der Waals surface area (Å²) < 4.78 is 0. The second-order valence-electron chi connectivity index (χ2n) is 4.05. The van der Waals surface area contributed by atoms with Crippen LogP contribution in [0.15, 0.2) is 42.5 Å². The maximum Gasteiger partial charge on any atom is 0.288 e. The Labute approximate surface area is 120 Å². The SMILES string of the molecule is N#Cc1ccccc1CNc1ccc([N+](=O)[O-])c(Cl)c1. The number of rotatable bonds is 4. The molecule has 0 aromatic heterocycles. The minimum absolute atomic E-state index is 0.0774. The van der Waals surface area contributed by atoms with Crippen molar-refractivity contribution < 1.29 is 4.92 Å². The number of nitrogens with zero attached hydrogens (tertiary/aromatic N) is 2. The van der Waals surface area contributed by atoms with Gasteiger partial charge in [0.15, 0.2) is 0 Å². The van der Waals surface area contributed by atoms with E-state index in [4.69, 9.17) is 16.9 Å². The van der Waals surface area contributed by atoms with E-state index in [1.165, 1.54) is 12.1 Å². The number of nitrogens with one attached hydrogen (secondary N) is 1. The molecule has 0 aliphatic rings. The van der Waals surface area contributed by atoms with E-state index < -0.39 is 4.92 Å². The predicted molar refractivity (Wildman–Crippen MR) is 76.6 cm³/mol. The highest BCUT2D eigenvalue weighted by Gasteiger charge is 2.12. The zero-order valence-electron chi connectivity index (χ0n) is 10.3. The monoisotopic (exact) mass is 287 g/mol. The van der Waals surface area contributed by atoms with Gasteiger partial charge in [0.1, 0.15) is 5.02 Å². The van der Waals surface area contributed by atoms with Crippen LogP contribution in [0.5, 0.6) is 0 Å². The summed E-state index contributed by atoms with van der Waals surface area (Å²) in [7, 11) is 0. The third-order valence-electron chi connectivity index (χ3n) is 2.77. The van der Waals surface area contributed by atoms with E-state index in [0.717, 1.165) is 5.56 Å². The minimum Gasteiger partial charge on any atom is -0.381 e. The molecular weight excluding hydrogens is 278 g/mol. The van der Waals surface area contributed by atoms with Crippen molar-refractivity contribution in [3.8, 4) is 6.07 Å². The molecule has 6 heteroatoms. The van der Waals surface area contributed by atoms with Gasteiger partial charge in [0.05, 0.1) is 16.6 Å². The van der Waals surface area contributed by atoms with Gasteiger partial charge in [-0.15, -0.1) is 0 Å². The predicted octanol–water partition coefficient (Wildman–Crippen LogP) is 3.73. The first-order valence-corrected chi connectivity index (χ1v) is 6.15. The van der Waals surface area contributed by atoms with Gasteiger partial charge >= 0.3 is 0 Å². The van der Waals surface area contributed by atoms with Gasteiger partial charge in [-0.1, -0.05) is 29.8 Å². The fourth-order valence-corrected chi connectivity index (χ4v) is 2.00. The van der Waals surface area contributed by atoms with E-state index >= 15 is 0 Å². The average molecular weight is 288 g/mol. The Morgan fingerprint density at radius 3 is 2.70 bits per heavy atom. The highest BCUT2D eigenvalue weighted by molar-refractivity contribution is 6.32. The number of anilines is 1. The Hall–Kier alpha value is -2.58. The molecule has 1 N–H and O–H groups in total. The summed E-state index contributed by atoms with van der Waals surface area (Å²) in [6, 6.07) is 13.8. The summed E-state index contributed by atoms with van der Waals surface area (Å²) in [5.41, 5.74) is 1.97. The number of halogens is 1. The fraction of sp³-hybridized carbons (Fsp3) is 0.0714. The van der Waals surface area contributed by atoms with Crippen LogP contribution in [0.4, 0.5) is 11.4 Å². The van der Waals surface area contributed by atoms with Crippen LogP contribution < -0.4 is 5.32 Å². The molecule has 0 aliphatic heterocycles. The third-order valence-corrected chi connectivity index (χ3v) is 3.07. The van der Waals surface area contributed by atoms with Gasteiger partial charge in [-0.3, -0.25) is 10.1 Å². The molecule has 0 amide bonds. The van der Waals surface area contributed by atoms with Crippen LogP contribution in [-0.2, 0) is 6.54 Å². The first-order chi connectivity index (χ1) is 9.61. The first-order valence-electron chi connectivity index (χ1n) is 5.77. The van der Waals surface area contributed by atoms with Crippen LogP contribution in [0.1, 0.15) is 11.1 Å². The van der Waals surface area contributed by atoms with E-state index in [0.29, 0.717) is 17.8 Å². The van der Waals surface area contributed by atoms with Gasteiger partial charge in [-0.2, -0.15) is 5.26 Å². The lowest BCUT2D eigenvalue weighted by Crippen LogP contribution is -2.01. The Morgan fingerprint density at radius 2 is 2.05 bits per heavy atom. The molecule has 2 aromatic carbocycles. The van der Waals surface area contributed by atoms with Gasteiger partial charge < -0.3 is 5.32 Å². The maximum atomic E-state index is 10.7. The molecule has 2 aromatic rings. The topological polar surface area (TPSA) is 79.0 Å². The van der Waals surface area contributed by atoms with Crippen molar-refractivity contribution in [1.29, 1.82) is 5.26 Å². The summed E-state index contributed by atoms with van der Waals surface area (Å²) >= 11 is 5.83. The zero-order chi connectivity index (χ0) is 14.5. The van der Waals surface area contributed by atoms with Gasteiger partial charge in [0, 0.05) is 18.3 Å². The molecule has 0 saturated heterocycles. The summed E-state index contributed by atoms with van der Waals surface area (Å²) in [6.45, 7) is 0.442. The van der Waals surface area contributed by atoms with Gasteiger partial charge in [-0.05, 0) is 23.8 Å². The molecule has 0 radical (unpaired) electrons. The molecule has 20 heavy (non-hydrogen) atoms. The van der Waals surface area contributed by atoms with Crippen LogP contribution in [0.3, 0.4) is 0 Å². The van der Waals surface area contributed by atoms with Crippen LogP contribution >= 0.6 is 11.6 Å². The number of benzene rings is 2. The molecule has 5 nitrogen and oxygen atoms in total. The van der Waals surface area contributed by atoms with Crippen molar-refractivity contribution in [3.05, 3.63) is 68.7 Å². The normalized spacial score (nSPS) is 9.80. The first kappa shape index (κ1) is 13.8. The lowest BCUT2D eigenvalue weighted by Gasteiger charge is -2.08. The second-order valence-corrected chi connectivity index (χ2v) is 4.45. The summed E-state index contributed by atoms with van der Waals surface area (Å²) in [6.07, 6.45) is 0. The summed E-state index contributed by atoms with van der Waals surface area (Å²) in [5, 5.41) is 22.8. The molecular formula is C14H10ClN3O2. The lowest BCUT2D eigenvalue weighted by molar-refractivity contribution is -0.384. The Kier molecular flexibility index (Phi) is 4.18. The Balaban J connectivity index is 2.14. The number of hydrogen-bond donors (Lipinski definition) is 1. The third kappa shape index (κ3) is 3.05. The molecule has 0 spiro atoms. The summed E-state index contributed by atoms with van der Waals surface area (Å²) in [4.78, 5) is 10.1. The van der Waals surface area contributed by atoms with Crippen molar-refractivity contribution in [2.75, 3.05) is 5.32 Å². The van der Waals surface area contributed by atoms with Crippen LogP contribution in [0.25, 0.3) is 0 Å². The van der Waals surface area contributed by atoms with E-state index in [2.05, 4.69) is 11.4 Å². The number of nitro benzene ring substituents is 1. The maximum absolute atomic E-state index is 10.7. The van der Waals surface area contributed by atoms with Gasteiger partial charge in [0.2, 0.25) is 0 Å². The largest absolute Gasteiger partial charge is 0.381 e. The zero-order valence-corrected chi connectivity index (χ0v) is 11.1. The quantitative estimate of drug-likeness (QED) is 0.686. The molecule has 100 valence electrons. The molecule has 0 atom stereocenters. The Bertz CT molecular complexity index is 695. The summed E-state index contributed by atoms with van der Waals surface area (Å²) in [5.74, 6) is 0. The molecule has 0 heterocycles. The number of hydrogen-bond acceptors (Lipinski definition) is 4. The molecule has 0 bridgehead atoms. The highest BCUT2D eigenvalue weighted by Crippen LogP contribution is 2.27. The van der Waals surface area contributed by atoms with Crippen molar-refractivity contribution in [2.24, 2.45) is 0 Å². The minimum atomic E-state index is -0.531. The standard InChI is InChI=1S/C14H10ClN3O2/c15-13-7-12(5-6-14(13)18(19)20)17-9-11-4-2-1-3-10(11)8-16/h1-7,17H,9H2. The van der Waals surface area contributed by atoms with E-state index in [1.807, 2.05) is 12.1 Å². The molecule has 0 aliphatic carbocycles. The average Bonchev–Trinajstić information content (AvgIpc) is 2.45. The molecule has 0 fully saturated rings. The smallest absolute Gasteiger partial charge is 0.288 e. The second kappa shape index (κ2) is 6.04. The van der Waals surface area contributed by atoms with Crippen molar-refractivity contribution in [1.82, 2.24) is 0 Å². The molecule has 0 unspecified atom stereocenters. The van der Waals surface area contributed by atoms with Crippen molar-refractivity contribution in [3.63, 3.8) is 0 Å². The van der Waals surface area contributed by atoms with Crippen molar-refractivity contribution in [2.45, 2.75) is 6.54 Å². The fourth-order valence-electron chi connectivity index (χ4n) is 1.75. The van der Waals surface area contributed by atoms with Crippen LogP contribution in [0.2, 0.25) is 5.02 Å². The number of nitriles is 1. The molecule has 2 rings (SSSR count). The van der Waals surface area contributed by atoms with Gasteiger partial charge in [0.25, 0.3) is 5.69 Å². The highest BCUT2D eigenvalue weighted by atomic mass is 35.5. The lowest BCUT2D eigenvalue weighted by atomic mass is 10.1. The van der Waals surface area contributed by atoms with Gasteiger partial charge in [-0.25, -0.2) is 0 Å².